The van der Waals surface area contributed by atoms with Crippen molar-refractivity contribution in [2.75, 3.05) is 7.11 Å². The van der Waals surface area contributed by atoms with Crippen molar-refractivity contribution in [1.29, 1.82) is 0 Å². The summed E-state index contributed by atoms with van der Waals surface area (Å²) in [5.74, 6) is -2.01. The minimum atomic E-state index is -3.28. The number of hydrogen-bond acceptors (Lipinski definition) is 8. The van der Waals surface area contributed by atoms with Crippen molar-refractivity contribution in [2.24, 2.45) is 5.92 Å². The summed E-state index contributed by atoms with van der Waals surface area (Å²) in [4.78, 5) is 37.4. The number of carbonyl (C=O) groups excluding carboxylic acids is 3. The predicted molar refractivity (Wildman–Crippen MR) is 168 cm³/mol. The number of cyclic esters (lactones) is 1. The molecule has 0 aromatic heterocycles. The molecule has 42 heavy (non-hydrogen) atoms. The number of ether oxygens (including phenoxy) is 3. The van der Waals surface area contributed by atoms with E-state index < -0.39 is 54.1 Å². The van der Waals surface area contributed by atoms with Crippen LogP contribution >= 0.6 is 0 Å². The molecule has 0 aliphatic carbocycles. The first kappa shape index (κ1) is 38.4. The Morgan fingerprint density at radius 2 is 1.62 bits per heavy atom. The van der Waals surface area contributed by atoms with Crippen LogP contribution in [0.25, 0.3) is 0 Å². The fourth-order valence-corrected chi connectivity index (χ4v) is 23.3. The number of hydrogen-bond donors (Lipinski definition) is 2. The molecule has 0 amide bonds. The number of methoxy groups -OCH3 is 1. The standard InChI is InChI=1S/C21H29O8.3C4H9.Sn/c1-13(2)15-7-6-8-17(23)18(24)11-21(4,12-20(26)27-5)29-19(25)10-16(9-15)28-14(3)22;3*1-3-4-2;/h6,10,15,17-18,23-24H,1,7,9,11-12H2,2-5H3;3*1,3-4H2,2H3;/b8-6?,16-10-;;;;/t15-,17-,18+,21-;;;;/m0..../s1. The summed E-state index contributed by atoms with van der Waals surface area (Å²) in [6, 6.07) is 0. The van der Waals surface area contributed by atoms with E-state index in [0.29, 0.717) is 6.42 Å². The van der Waals surface area contributed by atoms with Crippen LogP contribution in [0.3, 0.4) is 0 Å². The molecule has 4 atom stereocenters. The van der Waals surface area contributed by atoms with Crippen LogP contribution in [0.15, 0.2) is 33.7 Å². The summed E-state index contributed by atoms with van der Waals surface area (Å²) in [6.45, 7) is 15.5. The molecule has 0 unspecified atom stereocenters. The molecule has 8 nitrogen and oxygen atoms in total. The number of aliphatic hydroxyl groups is 2. The fourth-order valence-electron chi connectivity index (χ4n) is 5.98. The maximum absolute atomic E-state index is 13.1. The molecule has 0 radical (unpaired) electrons. The van der Waals surface area contributed by atoms with E-state index in [9.17, 15) is 24.6 Å². The molecule has 0 saturated heterocycles. The van der Waals surface area contributed by atoms with Gasteiger partial charge in [0.15, 0.2) is 0 Å². The van der Waals surface area contributed by atoms with Crippen molar-refractivity contribution in [3.63, 3.8) is 0 Å². The number of allylic oxidation sites excluding steroid dienone is 3. The van der Waals surface area contributed by atoms with Gasteiger partial charge in [-0.1, -0.05) is 0 Å². The summed E-state index contributed by atoms with van der Waals surface area (Å²) in [5, 5.41) is 23.6. The molecule has 0 aromatic carbocycles. The van der Waals surface area contributed by atoms with Gasteiger partial charge in [-0.25, -0.2) is 0 Å². The van der Waals surface area contributed by atoms with Crippen LogP contribution in [0.2, 0.25) is 13.3 Å². The summed E-state index contributed by atoms with van der Waals surface area (Å²) in [5.41, 5.74) is -0.613. The van der Waals surface area contributed by atoms with Gasteiger partial charge in [-0.3, -0.25) is 0 Å². The zero-order valence-electron chi connectivity index (χ0n) is 27.1. The second kappa shape index (κ2) is 18.9. The van der Waals surface area contributed by atoms with Gasteiger partial charge in [0, 0.05) is 0 Å². The molecule has 2 N–H and O–H groups in total. The van der Waals surface area contributed by atoms with Crippen LogP contribution in [-0.2, 0) is 28.6 Å². The average Bonchev–Trinajstić information content (AvgIpc) is 2.91. The molecule has 9 heteroatoms. The van der Waals surface area contributed by atoms with Crippen molar-refractivity contribution in [2.45, 2.75) is 137 Å². The molecule has 1 aliphatic heterocycles. The Hall–Kier alpha value is -1.65. The topological polar surface area (TPSA) is 119 Å². The van der Waals surface area contributed by atoms with Crippen molar-refractivity contribution in [3.8, 4) is 0 Å². The number of rotatable bonds is 14. The van der Waals surface area contributed by atoms with Crippen molar-refractivity contribution in [1.82, 2.24) is 0 Å². The second-order valence-corrected chi connectivity index (χ2v) is 25.5. The Morgan fingerprint density at radius 3 is 2.07 bits per heavy atom. The van der Waals surface area contributed by atoms with Crippen LogP contribution in [-0.4, -0.2) is 71.4 Å². The van der Waals surface area contributed by atoms with E-state index >= 15 is 0 Å². The molecule has 1 rings (SSSR count). The summed E-state index contributed by atoms with van der Waals surface area (Å²) in [6.07, 6.45) is 7.56. The Balaban J connectivity index is 3.90. The average molecular weight is 700 g/mol. The van der Waals surface area contributed by atoms with Crippen molar-refractivity contribution < 1.29 is 38.8 Å². The fraction of sp³-hybridized carbons (Fsp3) is 0.727. The molecule has 0 spiro atoms. The third-order valence-electron chi connectivity index (χ3n) is 8.38. The summed E-state index contributed by atoms with van der Waals surface area (Å²) in [7, 11) is 1.24. The van der Waals surface area contributed by atoms with E-state index in [0.717, 1.165) is 67.1 Å². The van der Waals surface area contributed by atoms with Gasteiger partial charge >= 0.3 is 259 Å². The Kier molecular flexibility index (Phi) is 17.3. The number of esters is 3. The van der Waals surface area contributed by atoms with E-state index in [4.69, 9.17) is 14.2 Å². The van der Waals surface area contributed by atoms with Crippen molar-refractivity contribution >= 4 is 36.3 Å². The predicted octanol–water partition coefficient (Wildman–Crippen LogP) is 6.71. The minimum absolute atomic E-state index is 0.147. The van der Waals surface area contributed by atoms with E-state index in [1.807, 2.05) is 6.92 Å². The van der Waals surface area contributed by atoms with Gasteiger partial charge in [-0.05, 0) is 0 Å². The zero-order chi connectivity index (χ0) is 31.9. The quantitative estimate of drug-likeness (QED) is 0.0890. The summed E-state index contributed by atoms with van der Waals surface area (Å²) >= 11 is -3.28. The Morgan fingerprint density at radius 1 is 1.07 bits per heavy atom. The van der Waals surface area contributed by atoms with Gasteiger partial charge in [0.2, 0.25) is 0 Å². The molecule has 0 fully saturated rings. The van der Waals surface area contributed by atoms with E-state index in [-0.39, 0.29) is 30.9 Å². The molecule has 1 heterocycles. The third-order valence-corrected chi connectivity index (χ3v) is 24.5. The zero-order valence-corrected chi connectivity index (χ0v) is 30.0. The van der Waals surface area contributed by atoms with Crippen LogP contribution in [0, 0.1) is 5.92 Å². The monoisotopic (exact) mass is 700 g/mol. The van der Waals surface area contributed by atoms with Gasteiger partial charge in [0.25, 0.3) is 0 Å². The Bertz CT molecular complexity index is 949. The SMILES string of the molecule is C=C(C)[C@H]1C/C=[C](\[Sn]([CH2]CCC)([CH2]CCC)[CH2]CCC)[C@H](O)[C@H](O)C[C@@](C)(CC(=O)OC)OC(=O)/C=C(\OC(C)=O)C1. The van der Waals surface area contributed by atoms with Crippen LogP contribution in [0.4, 0.5) is 0 Å². The number of carbonyl (C=O) groups is 3. The maximum atomic E-state index is 13.1. The molecule has 0 bridgehead atoms. The molecule has 0 saturated carbocycles. The van der Waals surface area contributed by atoms with Gasteiger partial charge in [0.1, 0.15) is 0 Å². The molecular formula is C33H56O8Sn. The van der Waals surface area contributed by atoms with E-state index in [1.165, 1.54) is 14.0 Å². The number of unbranched alkanes of at least 4 members (excludes halogenated alkanes) is 3. The van der Waals surface area contributed by atoms with Gasteiger partial charge < -0.3 is 0 Å². The van der Waals surface area contributed by atoms with E-state index in [2.05, 4.69) is 33.4 Å². The first-order chi connectivity index (χ1) is 19.8. The van der Waals surface area contributed by atoms with Crippen molar-refractivity contribution in [3.05, 3.63) is 33.7 Å². The molecule has 1 aliphatic rings. The molecule has 240 valence electrons. The van der Waals surface area contributed by atoms with Gasteiger partial charge in [-0.15, -0.1) is 0 Å². The van der Waals surface area contributed by atoms with Gasteiger partial charge in [-0.2, -0.15) is 0 Å². The first-order valence-corrected chi connectivity index (χ1v) is 23.1. The van der Waals surface area contributed by atoms with Crippen LogP contribution in [0.5, 0.6) is 0 Å². The van der Waals surface area contributed by atoms with Crippen LogP contribution < -0.4 is 0 Å². The van der Waals surface area contributed by atoms with Crippen LogP contribution in [0.1, 0.15) is 106 Å². The number of aliphatic hydroxyl groups excluding tert-OH is 2. The third kappa shape index (κ3) is 12.5. The normalized spacial score (nSPS) is 26.7. The Labute approximate surface area is 257 Å². The van der Waals surface area contributed by atoms with E-state index in [1.54, 1.807) is 6.92 Å². The summed E-state index contributed by atoms with van der Waals surface area (Å²) < 4.78 is 20.3. The first-order valence-electron chi connectivity index (χ1n) is 15.7. The molecular weight excluding hydrogens is 643 g/mol. The molecule has 0 aromatic rings. The second-order valence-electron chi connectivity index (χ2n) is 12.3. The van der Waals surface area contributed by atoms with Gasteiger partial charge in [0.05, 0.1) is 0 Å².